The number of amides is 1. The van der Waals surface area contributed by atoms with E-state index in [2.05, 4.69) is 5.32 Å². The Balaban J connectivity index is 1.69. The summed E-state index contributed by atoms with van der Waals surface area (Å²) in [5.74, 6) is -1.90. The van der Waals surface area contributed by atoms with Gasteiger partial charge >= 0.3 is 5.97 Å². The zero-order valence-electron chi connectivity index (χ0n) is 17.9. The molecule has 0 spiro atoms. The van der Waals surface area contributed by atoms with Gasteiger partial charge in [-0.2, -0.15) is 4.31 Å². The lowest BCUT2D eigenvalue weighted by molar-refractivity contribution is -0.119. The third-order valence-electron chi connectivity index (χ3n) is 5.12. The Hall–Kier alpha value is -2.98. The second-order valence-corrected chi connectivity index (χ2v) is 9.33. The lowest BCUT2D eigenvalue weighted by Gasteiger charge is -2.26. The molecule has 1 N–H and O–H groups in total. The molecule has 0 atom stereocenters. The molecule has 1 aliphatic heterocycles. The van der Waals surface area contributed by atoms with E-state index in [-0.39, 0.29) is 21.9 Å². The minimum absolute atomic E-state index is 0.0136. The van der Waals surface area contributed by atoms with Crippen LogP contribution in [0.4, 0.5) is 10.1 Å². The van der Waals surface area contributed by atoms with Crippen molar-refractivity contribution in [2.24, 2.45) is 0 Å². The monoisotopic (exact) mass is 464 g/mol. The van der Waals surface area contributed by atoms with Gasteiger partial charge in [0.2, 0.25) is 10.0 Å². The Morgan fingerprint density at radius 2 is 1.81 bits per heavy atom. The Morgan fingerprint density at radius 3 is 2.47 bits per heavy atom. The SMILES string of the molecule is COc1ccc(NC(=O)COC(=O)c2ccc(C)c(F)c2)cc1S(=O)(=O)N1CCCCC1. The number of ether oxygens (including phenoxy) is 2. The molecular formula is C22H25FN2O6S. The molecule has 172 valence electrons. The number of methoxy groups -OCH3 is 1. The fourth-order valence-corrected chi connectivity index (χ4v) is 5.03. The van der Waals surface area contributed by atoms with Gasteiger partial charge in [-0.25, -0.2) is 17.6 Å². The van der Waals surface area contributed by atoms with Crippen LogP contribution in [0.1, 0.15) is 35.2 Å². The predicted octanol–water partition coefficient (Wildman–Crippen LogP) is 3.11. The number of carbonyl (C=O) groups is 2. The molecular weight excluding hydrogens is 439 g/mol. The van der Waals surface area contributed by atoms with Crippen molar-refractivity contribution >= 4 is 27.6 Å². The molecule has 1 heterocycles. The van der Waals surface area contributed by atoms with Gasteiger partial charge in [0.25, 0.3) is 5.91 Å². The molecule has 1 aliphatic rings. The Labute approximate surface area is 186 Å². The minimum atomic E-state index is -3.80. The normalized spacial score (nSPS) is 14.6. The van der Waals surface area contributed by atoms with Gasteiger partial charge in [0.1, 0.15) is 16.5 Å². The van der Waals surface area contributed by atoms with Crippen LogP contribution in [0.15, 0.2) is 41.3 Å². The lowest BCUT2D eigenvalue weighted by atomic mass is 10.1. The van der Waals surface area contributed by atoms with E-state index in [1.165, 1.54) is 41.7 Å². The quantitative estimate of drug-likeness (QED) is 0.632. The standard InChI is InChI=1S/C22H25FN2O6S/c1-15-6-7-16(12-18(15)23)22(27)31-14-21(26)24-17-8-9-19(30-2)20(13-17)32(28,29)25-10-4-3-5-11-25/h6-9,12-13H,3-5,10-11,14H2,1-2H3,(H,24,26). The van der Waals surface area contributed by atoms with E-state index in [1.54, 1.807) is 6.92 Å². The van der Waals surface area contributed by atoms with Crippen LogP contribution in [-0.4, -0.2) is 51.4 Å². The fourth-order valence-electron chi connectivity index (χ4n) is 3.33. The molecule has 32 heavy (non-hydrogen) atoms. The van der Waals surface area contributed by atoms with Gasteiger partial charge in [0, 0.05) is 18.8 Å². The summed E-state index contributed by atoms with van der Waals surface area (Å²) in [7, 11) is -2.43. The lowest BCUT2D eigenvalue weighted by Crippen LogP contribution is -2.35. The first-order chi connectivity index (χ1) is 15.2. The summed E-state index contributed by atoms with van der Waals surface area (Å²) in [6.45, 7) is 1.80. The first kappa shape index (κ1) is 23.7. The highest BCUT2D eigenvalue weighted by Crippen LogP contribution is 2.31. The minimum Gasteiger partial charge on any atom is -0.495 e. The number of benzene rings is 2. The molecule has 0 radical (unpaired) electrons. The van der Waals surface area contributed by atoms with Gasteiger partial charge in [0.15, 0.2) is 6.61 Å². The largest absolute Gasteiger partial charge is 0.495 e. The van der Waals surface area contributed by atoms with E-state index in [9.17, 15) is 22.4 Å². The molecule has 0 aliphatic carbocycles. The molecule has 0 unspecified atom stereocenters. The van der Waals surface area contributed by atoms with Crippen LogP contribution in [0.2, 0.25) is 0 Å². The molecule has 0 saturated carbocycles. The van der Waals surface area contributed by atoms with Crippen LogP contribution in [0.3, 0.4) is 0 Å². The number of sulfonamides is 1. The van der Waals surface area contributed by atoms with Gasteiger partial charge in [-0.3, -0.25) is 4.79 Å². The van der Waals surface area contributed by atoms with E-state index in [1.807, 2.05) is 0 Å². The zero-order chi connectivity index (χ0) is 23.3. The number of anilines is 1. The van der Waals surface area contributed by atoms with Crippen LogP contribution < -0.4 is 10.1 Å². The van der Waals surface area contributed by atoms with E-state index in [4.69, 9.17) is 9.47 Å². The van der Waals surface area contributed by atoms with Crippen molar-refractivity contribution in [3.63, 3.8) is 0 Å². The summed E-state index contributed by atoms with van der Waals surface area (Å²) >= 11 is 0. The van der Waals surface area contributed by atoms with Crippen molar-refractivity contribution < 1.29 is 31.9 Å². The second-order valence-electron chi connectivity index (χ2n) is 7.42. The van der Waals surface area contributed by atoms with Gasteiger partial charge < -0.3 is 14.8 Å². The maximum absolute atomic E-state index is 13.6. The first-order valence-electron chi connectivity index (χ1n) is 10.1. The van der Waals surface area contributed by atoms with E-state index >= 15 is 0 Å². The van der Waals surface area contributed by atoms with Gasteiger partial charge in [-0.1, -0.05) is 12.5 Å². The Kier molecular flexibility index (Phi) is 7.47. The number of carbonyl (C=O) groups excluding carboxylic acids is 2. The number of nitrogens with zero attached hydrogens (tertiary/aromatic N) is 1. The van der Waals surface area contributed by atoms with Crippen molar-refractivity contribution in [2.45, 2.75) is 31.1 Å². The first-order valence-corrected chi connectivity index (χ1v) is 11.6. The van der Waals surface area contributed by atoms with Crippen LogP contribution in [0, 0.1) is 12.7 Å². The smallest absolute Gasteiger partial charge is 0.338 e. The predicted molar refractivity (Wildman–Crippen MR) is 116 cm³/mol. The van der Waals surface area contributed by atoms with Crippen LogP contribution in [0.5, 0.6) is 5.75 Å². The summed E-state index contributed by atoms with van der Waals surface area (Å²) in [5, 5.41) is 2.51. The third-order valence-corrected chi connectivity index (χ3v) is 7.04. The highest BCUT2D eigenvalue weighted by atomic mass is 32.2. The number of hydrogen-bond acceptors (Lipinski definition) is 6. The molecule has 0 aromatic heterocycles. The zero-order valence-corrected chi connectivity index (χ0v) is 18.7. The highest BCUT2D eigenvalue weighted by Gasteiger charge is 2.29. The number of hydrogen-bond donors (Lipinski definition) is 1. The van der Waals surface area contributed by atoms with E-state index < -0.39 is 34.3 Å². The van der Waals surface area contributed by atoms with Gasteiger partial charge in [-0.15, -0.1) is 0 Å². The Bertz CT molecular complexity index is 1110. The summed E-state index contributed by atoms with van der Waals surface area (Å²) in [5.41, 5.74) is 0.582. The highest BCUT2D eigenvalue weighted by molar-refractivity contribution is 7.89. The number of piperidine rings is 1. The van der Waals surface area contributed by atoms with Crippen LogP contribution >= 0.6 is 0 Å². The summed E-state index contributed by atoms with van der Waals surface area (Å²) in [6.07, 6.45) is 2.55. The summed E-state index contributed by atoms with van der Waals surface area (Å²) < 4.78 is 51.3. The third kappa shape index (κ3) is 5.43. The van der Waals surface area contributed by atoms with Crippen molar-refractivity contribution in [2.75, 3.05) is 32.1 Å². The van der Waals surface area contributed by atoms with E-state index in [0.29, 0.717) is 18.7 Å². The number of rotatable bonds is 7. The average Bonchev–Trinajstić information content (AvgIpc) is 2.79. The Morgan fingerprint density at radius 1 is 1.09 bits per heavy atom. The number of aryl methyl sites for hydroxylation is 1. The molecule has 3 rings (SSSR count). The second kappa shape index (κ2) is 10.1. The van der Waals surface area contributed by atoms with E-state index in [0.717, 1.165) is 25.3 Å². The number of esters is 1. The summed E-state index contributed by atoms with van der Waals surface area (Å²) in [4.78, 5) is 24.2. The van der Waals surface area contributed by atoms with Crippen molar-refractivity contribution in [1.29, 1.82) is 0 Å². The van der Waals surface area contributed by atoms with Crippen molar-refractivity contribution in [3.05, 3.63) is 53.3 Å². The van der Waals surface area contributed by atoms with Crippen molar-refractivity contribution in [3.8, 4) is 5.75 Å². The van der Waals surface area contributed by atoms with Crippen LogP contribution in [0.25, 0.3) is 0 Å². The van der Waals surface area contributed by atoms with Crippen LogP contribution in [-0.2, 0) is 19.6 Å². The molecule has 1 fully saturated rings. The maximum atomic E-state index is 13.6. The average molecular weight is 465 g/mol. The van der Waals surface area contributed by atoms with Gasteiger partial charge in [0.05, 0.1) is 12.7 Å². The molecule has 1 amide bonds. The molecule has 10 heteroatoms. The molecule has 1 saturated heterocycles. The maximum Gasteiger partial charge on any atom is 0.338 e. The van der Waals surface area contributed by atoms with Crippen molar-refractivity contribution in [1.82, 2.24) is 4.31 Å². The fraction of sp³-hybridized carbons (Fsp3) is 0.364. The topological polar surface area (TPSA) is 102 Å². The number of nitrogens with one attached hydrogen (secondary N) is 1. The number of halogens is 1. The molecule has 0 bridgehead atoms. The molecule has 8 nitrogen and oxygen atoms in total. The molecule has 2 aromatic carbocycles. The summed E-state index contributed by atoms with van der Waals surface area (Å²) in [6, 6.07) is 8.14. The van der Waals surface area contributed by atoms with Gasteiger partial charge in [-0.05, 0) is 55.7 Å². The molecule has 2 aromatic rings.